The van der Waals surface area contributed by atoms with Crippen molar-refractivity contribution in [2.45, 2.75) is 13.8 Å². The SMILES string of the molecule is CN(CC(C)(C)CN)C(=O)CN(C)C(=O)c1cccs1. The van der Waals surface area contributed by atoms with Crippen molar-refractivity contribution in [2.24, 2.45) is 11.1 Å². The molecule has 20 heavy (non-hydrogen) atoms. The molecule has 2 N–H and O–H groups in total. The lowest BCUT2D eigenvalue weighted by atomic mass is 9.93. The van der Waals surface area contributed by atoms with Gasteiger partial charge in [0.05, 0.1) is 11.4 Å². The summed E-state index contributed by atoms with van der Waals surface area (Å²) >= 11 is 1.38. The average molecular weight is 297 g/mol. The van der Waals surface area contributed by atoms with Gasteiger partial charge < -0.3 is 15.5 Å². The van der Waals surface area contributed by atoms with Crippen LogP contribution in [0.25, 0.3) is 0 Å². The van der Waals surface area contributed by atoms with Gasteiger partial charge in [-0.25, -0.2) is 0 Å². The maximum absolute atomic E-state index is 12.1. The molecule has 1 heterocycles. The Balaban J connectivity index is 2.55. The monoisotopic (exact) mass is 297 g/mol. The van der Waals surface area contributed by atoms with Gasteiger partial charge in [-0.3, -0.25) is 9.59 Å². The van der Waals surface area contributed by atoms with Crippen LogP contribution in [0.5, 0.6) is 0 Å². The first-order valence-corrected chi connectivity index (χ1v) is 7.38. The fourth-order valence-electron chi connectivity index (χ4n) is 1.78. The fourth-order valence-corrected chi connectivity index (χ4v) is 2.50. The van der Waals surface area contributed by atoms with Crippen molar-refractivity contribution in [3.63, 3.8) is 0 Å². The summed E-state index contributed by atoms with van der Waals surface area (Å²) in [5.41, 5.74) is 5.54. The highest BCUT2D eigenvalue weighted by Gasteiger charge is 2.23. The number of carbonyl (C=O) groups is 2. The molecule has 6 heteroatoms. The van der Waals surface area contributed by atoms with E-state index in [2.05, 4.69) is 0 Å². The number of likely N-dealkylation sites (N-methyl/N-ethyl adjacent to an activating group) is 2. The van der Waals surface area contributed by atoms with Gasteiger partial charge in [0.25, 0.3) is 5.91 Å². The lowest BCUT2D eigenvalue weighted by Crippen LogP contribution is -2.44. The van der Waals surface area contributed by atoms with Gasteiger partial charge in [0.15, 0.2) is 0 Å². The molecule has 2 amide bonds. The summed E-state index contributed by atoms with van der Waals surface area (Å²) in [6.45, 7) is 5.18. The van der Waals surface area contributed by atoms with E-state index in [0.717, 1.165) is 0 Å². The number of hydrogen-bond donors (Lipinski definition) is 1. The lowest BCUT2D eigenvalue weighted by Gasteiger charge is -2.30. The van der Waals surface area contributed by atoms with Gasteiger partial charge in [-0.15, -0.1) is 11.3 Å². The minimum Gasteiger partial charge on any atom is -0.344 e. The second kappa shape index (κ2) is 6.85. The predicted molar refractivity (Wildman–Crippen MR) is 81.8 cm³/mol. The molecular weight excluding hydrogens is 274 g/mol. The maximum Gasteiger partial charge on any atom is 0.264 e. The van der Waals surface area contributed by atoms with Gasteiger partial charge in [-0.1, -0.05) is 19.9 Å². The molecule has 0 radical (unpaired) electrons. The van der Waals surface area contributed by atoms with Crippen molar-refractivity contribution in [3.8, 4) is 0 Å². The number of carbonyl (C=O) groups excluding carboxylic acids is 2. The molecule has 0 aliphatic heterocycles. The van der Waals surface area contributed by atoms with Crippen molar-refractivity contribution >= 4 is 23.2 Å². The summed E-state index contributed by atoms with van der Waals surface area (Å²) < 4.78 is 0. The topological polar surface area (TPSA) is 66.6 Å². The lowest BCUT2D eigenvalue weighted by molar-refractivity contribution is -0.131. The molecule has 1 aromatic heterocycles. The van der Waals surface area contributed by atoms with Crippen LogP contribution in [0.2, 0.25) is 0 Å². The quantitative estimate of drug-likeness (QED) is 0.859. The van der Waals surface area contributed by atoms with Crippen LogP contribution < -0.4 is 5.73 Å². The predicted octanol–water partition coefficient (Wildman–Crippen LogP) is 1.26. The van der Waals surface area contributed by atoms with Crippen molar-refractivity contribution in [1.82, 2.24) is 9.80 Å². The third-order valence-electron chi connectivity index (χ3n) is 3.09. The first-order valence-electron chi connectivity index (χ1n) is 6.50. The van der Waals surface area contributed by atoms with E-state index in [1.165, 1.54) is 16.2 Å². The van der Waals surface area contributed by atoms with Crippen LogP contribution in [0.4, 0.5) is 0 Å². The molecule has 0 unspecified atom stereocenters. The molecule has 0 saturated carbocycles. The fraction of sp³-hybridized carbons (Fsp3) is 0.571. The molecule has 0 bridgehead atoms. The highest BCUT2D eigenvalue weighted by molar-refractivity contribution is 7.12. The van der Waals surface area contributed by atoms with Crippen LogP contribution in [0, 0.1) is 5.41 Å². The van der Waals surface area contributed by atoms with Gasteiger partial charge >= 0.3 is 0 Å². The Morgan fingerprint density at radius 1 is 1.30 bits per heavy atom. The Labute approximate surface area is 124 Å². The molecule has 112 valence electrons. The molecule has 0 atom stereocenters. The van der Waals surface area contributed by atoms with Gasteiger partial charge in [-0.05, 0) is 23.4 Å². The minimum absolute atomic E-state index is 0.0773. The molecule has 1 rings (SSSR count). The zero-order chi connectivity index (χ0) is 15.3. The Morgan fingerprint density at radius 2 is 1.95 bits per heavy atom. The van der Waals surface area contributed by atoms with E-state index in [-0.39, 0.29) is 23.8 Å². The summed E-state index contributed by atoms with van der Waals surface area (Å²) in [7, 11) is 3.38. The molecule has 0 aliphatic rings. The van der Waals surface area contributed by atoms with Crippen LogP contribution >= 0.6 is 11.3 Å². The molecule has 0 aromatic carbocycles. The molecule has 5 nitrogen and oxygen atoms in total. The van der Waals surface area contributed by atoms with Crippen LogP contribution in [0.3, 0.4) is 0 Å². The number of rotatable bonds is 6. The summed E-state index contributed by atoms with van der Waals surface area (Å²) in [6, 6.07) is 3.58. The largest absolute Gasteiger partial charge is 0.344 e. The zero-order valence-corrected chi connectivity index (χ0v) is 13.4. The molecule has 1 aromatic rings. The normalized spacial score (nSPS) is 11.2. The van der Waals surface area contributed by atoms with Crippen LogP contribution in [-0.2, 0) is 4.79 Å². The molecule has 0 saturated heterocycles. The zero-order valence-electron chi connectivity index (χ0n) is 12.5. The van der Waals surface area contributed by atoms with Crippen LogP contribution in [0.1, 0.15) is 23.5 Å². The van der Waals surface area contributed by atoms with E-state index in [1.807, 2.05) is 25.3 Å². The molecule has 0 aliphatic carbocycles. The van der Waals surface area contributed by atoms with Gasteiger partial charge in [0.2, 0.25) is 5.91 Å². The molecule has 0 fully saturated rings. The van der Waals surface area contributed by atoms with E-state index in [0.29, 0.717) is 18.0 Å². The summed E-state index contributed by atoms with van der Waals surface area (Å²) in [5.74, 6) is -0.209. The van der Waals surface area contributed by atoms with E-state index in [9.17, 15) is 9.59 Å². The van der Waals surface area contributed by atoms with Gasteiger partial charge in [0, 0.05) is 20.6 Å². The minimum atomic E-state index is -0.125. The Bertz CT molecular complexity index is 457. The summed E-state index contributed by atoms with van der Waals surface area (Å²) in [4.78, 5) is 27.9. The number of nitrogens with two attached hydrogens (primary N) is 1. The number of amides is 2. The second-order valence-electron chi connectivity index (χ2n) is 5.76. The van der Waals surface area contributed by atoms with Crippen LogP contribution in [-0.4, -0.2) is 55.3 Å². The Morgan fingerprint density at radius 3 is 2.45 bits per heavy atom. The standard InChI is InChI=1S/C14H23N3O2S/c1-14(2,9-15)10-17(4)12(18)8-16(3)13(19)11-6-5-7-20-11/h5-7H,8-10,15H2,1-4H3. The highest BCUT2D eigenvalue weighted by Crippen LogP contribution is 2.14. The first kappa shape index (κ1) is 16.7. The highest BCUT2D eigenvalue weighted by atomic mass is 32.1. The van der Waals surface area contributed by atoms with Crippen molar-refractivity contribution < 1.29 is 9.59 Å². The van der Waals surface area contributed by atoms with E-state index in [4.69, 9.17) is 5.73 Å². The van der Waals surface area contributed by atoms with Crippen molar-refractivity contribution in [3.05, 3.63) is 22.4 Å². The maximum atomic E-state index is 12.1. The summed E-state index contributed by atoms with van der Waals surface area (Å²) in [6.07, 6.45) is 0. The molecular formula is C14H23N3O2S. The second-order valence-corrected chi connectivity index (χ2v) is 6.70. The first-order chi connectivity index (χ1) is 9.26. The van der Waals surface area contributed by atoms with Crippen molar-refractivity contribution in [2.75, 3.05) is 33.7 Å². The Hall–Kier alpha value is -1.40. The van der Waals surface area contributed by atoms with E-state index in [1.54, 1.807) is 25.1 Å². The Kier molecular flexibility index (Phi) is 5.71. The number of thiophene rings is 1. The summed E-state index contributed by atoms with van der Waals surface area (Å²) in [5, 5.41) is 1.85. The smallest absolute Gasteiger partial charge is 0.264 e. The third kappa shape index (κ3) is 4.61. The van der Waals surface area contributed by atoms with Gasteiger partial charge in [-0.2, -0.15) is 0 Å². The van der Waals surface area contributed by atoms with Gasteiger partial charge in [0.1, 0.15) is 0 Å². The van der Waals surface area contributed by atoms with E-state index < -0.39 is 0 Å². The van der Waals surface area contributed by atoms with Crippen molar-refractivity contribution in [1.29, 1.82) is 0 Å². The van der Waals surface area contributed by atoms with Crippen LogP contribution in [0.15, 0.2) is 17.5 Å². The molecule has 0 spiro atoms. The average Bonchev–Trinajstić information content (AvgIpc) is 2.90. The number of hydrogen-bond acceptors (Lipinski definition) is 4. The van der Waals surface area contributed by atoms with E-state index >= 15 is 0 Å². The number of nitrogens with zero attached hydrogens (tertiary/aromatic N) is 2. The third-order valence-corrected chi connectivity index (χ3v) is 3.95.